The molecule has 4 unspecified atom stereocenters. The SMILES string of the molecule is C=C1/C(=C\C=C2/CCCC3(C)[C@H]2CC[C@H]3C(C)CC2C[C@@](C)(O)C(=O)O2)CC(O)C[C@@H]1O. The van der Waals surface area contributed by atoms with Crippen molar-refractivity contribution < 1.29 is 24.9 Å². The molecule has 0 aromatic carbocycles. The minimum Gasteiger partial charge on any atom is -0.460 e. The third-order valence-corrected chi connectivity index (χ3v) is 8.96. The van der Waals surface area contributed by atoms with Crippen molar-refractivity contribution in [1.29, 1.82) is 0 Å². The lowest BCUT2D eigenvalue weighted by atomic mass is 9.60. The van der Waals surface area contributed by atoms with Gasteiger partial charge in [-0.3, -0.25) is 0 Å². The second kappa shape index (κ2) is 8.73. The molecule has 3 saturated carbocycles. The summed E-state index contributed by atoms with van der Waals surface area (Å²) < 4.78 is 5.47. The van der Waals surface area contributed by atoms with Crippen LogP contribution < -0.4 is 0 Å². The summed E-state index contributed by atoms with van der Waals surface area (Å²) in [7, 11) is 0. The van der Waals surface area contributed by atoms with Gasteiger partial charge in [-0.1, -0.05) is 38.2 Å². The first kappa shape index (κ1) is 23.7. The summed E-state index contributed by atoms with van der Waals surface area (Å²) in [5.74, 6) is 1.06. The van der Waals surface area contributed by atoms with Crippen LogP contribution in [0, 0.1) is 23.2 Å². The average Bonchev–Trinajstić information content (AvgIpc) is 3.18. The Morgan fingerprint density at radius 2 is 2.00 bits per heavy atom. The van der Waals surface area contributed by atoms with Crippen molar-refractivity contribution in [2.75, 3.05) is 0 Å². The molecular weight excluding hydrogens is 404 g/mol. The molecule has 4 aliphatic rings. The van der Waals surface area contributed by atoms with Crippen LogP contribution in [0.4, 0.5) is 0 Å². The number of carbonyl (C=O) groups excluding carboxylic acids is 1. The first-order chi connectivity index (χ1) is 15.0. The predicted octanol–water partition coefficient (Wildman–Crippen LogP) is 4.22. The van der Waals surface area contributed by atoms with Gasteiger partial charge >= 0.3 is 5.97 Å². The van der Waals surface area contributed by atoms with E-state index in [4.69, 9.17) is 4.74 Å². The van der Waals surface area contributed by atoms with Gasteiger partial charge in [0.25, 0.3) is 0 Å². The van der Waals surface area contributed by atoms with Crippen LogP contribution in [0.25, 0.3) is 0 Å². The lowest BCUT2D eigenvalue weighted by Gasteiger charge is -2.44. The van der Waals surface area contributed by atoms with Crippen LogP contribution in [-0.4, -0.2) is 45.2 Å². The van der Waals surface area contributed by atoms with Gasteiger partial charge in [0.15, 0.2) is 5.60 Å². The molecule has 178 valence electrons. The van der Waals surface area contributed by atoms with Crippen LogP contribution in [0.15, 0.2) is 35.5 Å². The Balaban J connectivity index is 1.47. The van der Waals surface area contributed by atoms with Gasteiger partial charge < -0.3 is 20.1 Å². The van der Waals surface area contributed by atoms with Crippen LogP contribution in [0.5, 0.6) is 0 Å². The Morgan fingerprint density at radius 3 is 2.69 bits per heavy atom. The third kappa shape index (κ3) is 4.36. The molecule has 0 aromatic rings. The number of rotatable bonds is 4. The standard InChI is InChI=1S/C27H40O5/c1-16(12-21-15-27(4,31)25(30)32-21)22-9-10-23-18(6-5-11-26(22,23)3)7-8-19-13-20(28)14-24(29)17(19)2/h7-8,16,20-24,28-29,31H,2,5-6,9-15H2,1,3-4H3/b18-7+,19-8-/t16?,20?,21?,22-,23-,24-,26?,27+/m0/s1. The molecule has 32 heavy (non-hydrogen) atoms. The molecule has 0 aromatic heterocycles. The van der Waals surface area contributed by atoms with E-state index in [0.29, 0.717) is 37.0 Å². The quantitative estimate of drug-likeness (QED) is 0.565. The molecule has 4 fully saturated rings. The van der Waals surface area contributed by atoms with Gasteiger partial charge in [0.05, 0.1) is 12.2 Å². The van der Waals surface area contributed by atoms with E-state index in [0.717, 1.165) is 24.0 Å². The summed E-state index contributed by atoms with van der Waals surface area (Å²) >= 11 is 0. The topological polar surface area (TPSA) is 87.0 Å². The van der Waals surface area contributed by atoms with Crippen molar-refractivity contribution in [2.24, 2.45) is 23.2 Å². The maximum atomic E-state index is 11.9. The fourth-order valence-corrected chi connectivity index (χ4v) is 7.24. The molecule has 1 saturated heterocycles. The van der Waals surface area contributed by atoms with Gasteiger partial charge in [-0.25, -0.2) is 4.79 Å². The minimum absolute atomic E-state index is 0.186. The zero-order valence-corrected chi connectivity index (χ0v) is 19.8. The van der Waals surface area contributed by atoms with Crippen LogP contribution in [0.1, 0.15) is 78.6 Å². The molecule has 0 radical (unpaired) electrons. The van der Waals surface area contributed by atoms with E-state index in [1.165, 1.54) is 31.3 Å². The number of fused-ring (bicyclic) bond motifs is 1. The lowest BCUT2D eigenvalue weighted by Crippen LogP contribution is -2.36. The lowest BCUT2D eigenvalue weighted by molar-refractivity contribution is -0.154. The van der Waals surface area contributed by atoms with Crippen molar-refractivity contribution in [3.63, 3.8) is 0 Å². The zero-order valence-electron chi connectivity index (χ0n) is 19.8. The van der Waals surface area contributed by atoms with E-state index in [1.807, 2.05) is 0 Å². The molecular formula is C27H40O5. The number of aliphatic hydroxyl groups is 3. The summed E-state index contributed by atoms with van der Waals surface area (Å²) in [6.07, 6.45) is 11.0. The number of hydrogen-bond acceptors (Lipinski definition) is 5. The van der Waals surface area contributed by atoms with Crippen LogP contribution in [0.3, 0.4) is 0 Å². The van der Waals surface area contributed by atoms with E-state index in [-0.39, 0.29) is 11.5 Å². The highest BCUT2D eigenvalue weighted by molar-refractivity contribution is 5.80. The van der Waals surface area contributed by atoms with Crippen molar-refractivity contribution in [3.8, 4) is 0 Å². The maximum Gasteiger partial charge on any atom is 0.338 e. The fraction of sp³-hybridized carbons (Fsp3) is 0.741. The van der Waals surface area contributed by atoms with Gasteiger partial charge in [-0.15, -0.1) is 0 Å². The molecule has 5 nitrogen and oxygen atoms in total. The first-order valence-electron chi connectivity index (χ1n) is 12.4. The van der Waals surface area contributed by atoms with Crippen LogP contribution in [-0.2, 0) is 9.53 Å². The summed E-state index contributed by atoms with van der Waals surface area (Å²) in [6, 6.07) is 0. The van der Waals surface area contributed by atoms with E-state index in [2.05, 4.69) is 32.6 Å². The van der Waals surface area contributed by atoms with Crippen molar-refractivity contribution >= 4 is 5.97 Å². The monoisotopic (exact) mass is 444 g/mol. The third-order valence-electron chi connectivity index (χ3n) is 8.96. The smallest absolute Gasteiger partial charge is 0.338 e. The van der Waals surface area contributed by atoms with Crippen molar-refractivity contribution in [3.05, 3.63) is 35.5 Å². The Kier molecular flexibility index (Phi) is 6.47. The molecule has 1 aliphatic heterocycles. The second-order valence-corrected chi connectivity index (χ2v) is 11.4. The average molecular weight is 445 g/mol. The summed E-state index contributed by atoms with van der Waals surface area (Å²) in [6.45, 7) is 10.3. The van der Waals surface area contributed by atoms with Gasteiger partial charge in [-0.2, -0.15) is 0 Å². The number of carbonyl (C=O) groups is 1. The molecule has 3 N–H and O–H groups in total. The number of hydrogen-bond donors (Lipinski definition) is 3. The predicted molar refractivity (Wildman–Crippen MR) is 124 cm³/mol. The summed E-state index contributed by atoms with van der Waals surface area (Å²) in [5, 5.41) is 30.4. The second-order valence-electron chi connectivity index (χ2n) is 11.4. The summed E-state index contributed by atoms with van der Waals surface area (Å²) in [5.41, 5.74) is 2.08. The minimum atomic E-state index is -1.34. The molecule has 0 spiro atoms. The molecule has 4 rings (SSSR count). The van der Waals surface area contributed by atoms with Crippen LogP contribution >= 0.6 is 0 Å². The molecule has 0 bridgehead atoms. The summed E-state index contributed by atoms with van der Waals surface area (Å²) in [4.78, 5) is 11.9. The Morgan fingerprint density at radius 1 is 1.25 bits per heavy atom. The Hall–Kier alpha value is -1.43. The van der Waals surface area contributed by atoms with Gasteiger partial charge in [-0.05, 0) is 86.2 Å². The maximum absolute atomic E-state index is 11.9. The Bertz CT molecular complexity index is 824. The van der Waals surface area contributed by atoms with E-state index in [1.54, 1.807) is 6.92 Å². The molecule has 5 heteroatoms. The number of ether oxygens (including phenoxy) is 1. The molecule has 1 heterocycles. The number of allylic oxidation sites excluding steroid dienone is 3. The highest BCUT2D eigenvalue weighted by Gasteiger charge is 2.52. The fourth-order valence-electron chi connectivity index (χ4n) is 7.24. The largest absolute Gasteiger partial charge is 0.460 e. The molecule has 3 aliphatic carbocycles. The highest BCUT2D eigenvalue weighted by Crippen LogP contribution is 2.60. The van der Waals surface area contributed by atoms with Gasteiger partial charge in [0.2, 0.25) is 0 Å². The van der Waals surface area contributed by atoms with Crippen molar-refractivity contribution in [1.82, 2.24) is 0 Å². The number of aliphatic hydroxyl groups excluding tert-OH is 2. The number of cyclic esters (lactones) is 1. The normalized spacial score (nSPS) is 45.9. The molecule has 0 amide bonds. The number of esters is 1. The van der Waals surface area contributed by atoms with E-state index in [9.17, 15) is 20.1 Å². The van der Waals surface area contributed by atoms with Gasteiger partial charge in [0.1, 0.15) is 6.10 Å². The van der Waals surface area contributed by atoms with E-state index < -0.39 is 23.8 Å². The van der Waals surface area contributed by atoms with Gasteiger partial charge in [0, 0.05) is 12.8 Å². The first-order valence-corrected chi connectivity index (χ1v) is 12.4. The molecule has 8 atom stereocenters. The van der Waals surface area contributed by atoms with E-state index >= 15 is 0 Å². The Labute approximate surface area is 192 Å². The van der Waals surface area contributed by atoms with Crippen LogP contribution in [0.2, 0.25) is 0 Å². The zero-order chi connectivity index (χ0) is 23.3. The highest BCUT2D eigenvalue weighted by atomic mass is 16.6. The van der Waals surface area contributed by atoms with Crippen molar-refractivity contribution in [2.45, 2.75) is 102 Å².